The van der Waals surface area contributed by atoms with Gasteiger partial charge in [-0.2, -0.15) is 0 Å². The van der Waals surface area contributed by atoms with Crippen LogP contribution < -0.4 is 0 Å². The second kappa shape index (κ2) is 6.53. The van der Waals surface area contributed by atoms with Gasteiger partial charge in [-0.1, -0.05) is 23.2 Å². The van der Waals surface area contributed by atoms with Gasteiger partial charge in [0.25, 0.3) is 0 Å². The highest BCUT2D eigenvalue weighted by Gasteiger charge is 2.17. The van der Waals surface area contributed by atoms with Crippen molar-refractivity contribution in [1.82, 2.24) is 0 Å². The molecule has 2 rings (SSSR count). The van der Waals surface area contributed by atoms with Crippen LogP contribution in [0.15, 0.2) is 18.2 Å². The molecule has 0 radical (unpaired) electrons. The van der Waals surface area contributed by atoms with Gasteiger partial charge < -0.3 is 9.47 Å². The van der Waals surface area contributed by atoms with E-state index < -0.39 is 0 Å². The van der Waals surface area contributed by atoms with Crippen LogP contribution in [0.1, 0.15) is 23.2 Å². The maximum absolute atomic E-state index is 11.9. The molecule has 0 spiro atoms. The largest absolute Gasteiger partial charge is 0.376 e. The maximum atomic E-state index is 11.9. The minimum Gasteiger partial charge on any atom is -0.376 e. The highest BCUT2D eigenvalue weighted by Crippen LogP contribution is 2.21. The molecule has 1 aliphatic heterocycles. The van der Waals surface area contributed by atoms with Crippen molar-refractivity contribution >= 4 is 29.0 Å². The number of hydrogen-bond donors (Lipinski definition) is 0. The van der Waals surface area contributed by atoms with Crippen molar-refractivity contribution in [1.29, 1.82) is 0 Å². The molecule has 0 N–H and O–H groups in total. The topological polar surface area (TPSA) is 35.5 Å². The summed E-state index contributed by atoms with van der Waals surface area (Å²) in [5.74, 6) is -0.166. The Balaban J connectivity index is 1.85. The number of ether oxygens (including phenoxy) is 2. The molecule has 1 heterocycles. The number of Topliss-reactive ketones (excluding diaryl/α,β-unsaturated/α-hetero) is 1. The van der Waals surface area contributed by atoms with E-state index in [-0.39, 0.29) is 18.5 Å². The van der Waals surface area contributed by atoms with Crippen LogP contribution in [0, 0.1) is 0 Å². The second-order valence-electron chi connectivity index (χ2n) is 4.20. The molecule has 0 bridgehead atoms. The number of carbonyl (C=O) groups is 1. The van der Waals surface area contributed by atoms with Gasteiger partial charge in [-0.05, 0) is 31.0 Å². The summed E-state index contributed by atoms with van der Waals surface area (Å²) in [4.78, 5) is 11.9. The quantitative estimate of drug-likeness (QED) is 0.780. The van der Waals surface area contributed by atoms with E-state index in [0.29, 0.717) is 22.2 Å². The van der Waals surface area contributed by atoms with Crippen LogP contribution in [0.25, 0.3) is 0 Å². The van der Waals surface area contributed by atoms with Crippen molar-refractivity contribution in [2.45, 2.75) is 18.9 Å². The lowest BCUT2D eigenvalue weighted by molar-refractivity contribution is 0.0190. The Morgan fingerprint density at radius 2 is 2.28 bits per heavy atom. The molecule has 0 saturated carbocycles. The monoisotopic (exact) mass is 288 g/mol. The molecule has 1 aromatic rings. The normalized spacial score (nSPS) is 19.1. The SMILES string of the molecule is O=C(COCC1CCCO1)c1cc(Cl)ccc1Cl. The van der Waals surface area contributed by atoms with E-state index in [1.807, 2.05) is 0 Å². The molecule has 1 aliphatic rings. The first-order valence-corrected chi connectivity index (χ1v) is 6.60. The molecule has 0 aromatic heterocycles. The van der Waals surface area contributed by atoms with E-state index in [0.717, 1.165) is 19.4 Å². The van der Waals surface area contributed by atoms with Crippen LogP contribution in [-0.2, 0) is 9.47 Å². The summed E-state index contributed by atoms with van der Waals surface area (Å²) in [6.07, 6.45) is 2.17. The molecule has 98 valence electrons. The first-order valence-electron chi connectivity index (χ1n) is 5.84. The molecule has 1 aromatic carbocycles. The lowest BCUT2D eigenvalue weighted by Crippen LogP contribution is -2.18. The molecule has 1 unspecified atom stereocenters. The van der Waals surface area contributed by atoms with Crippen LogP contribution in [0.3, 0.4) is 0 Å². The molecule has 0 amide bonds. The van der Waals surface area contributed by atoms with E-state index >= 15 is 0 Å². The average Bonchev–Trinajstić information content (AvgIpc) is 2.85. The Kier molecular flexibility index (Phi) is 5.01. The van der Waals surface area contributed by atoms with Gasteiger partial charge in [-0.3, -0.25) is 4.79 Å². The van der Waals surface area contributed by atoms with Crippen LogP contribution in [0.4, 0.5) is 0 Å². The Bertz CT molecular complexity index is 428. The number of ketones is 1. The molecule has 1 saturated heterocycles. The van der Waals surface area contributed by atoms with Crippen LogP contribution in [0.2, 0.25) is 10.0 Å². The van der Waals surface area contributed by atoms with E-state index in [1.54, 1.807) is 18.2 Å². The highest BCUT2D eigenvalue weighted by molar-refractivity contribution is 6.35. The van der Waals surface area contributed by atoms with E-state index in [2.05, 4.69) is 0 Å². The van der Waals surface area contributed by atoms with E-state index in [1.165, 1.54) is 0 Å². The third-order valence-corrected chi connectivity index (χ3v) is 3.35. The molecule has 3 nitrogen and oxygen atoms in total. The zero-order chi connectivity index (χ0) is 13.0. The highest BCUT2D eigenvalue weighted by atomic mass is 35.5. The summed E-state index contributed by atoms with van der Waals surface area (Å²) < 4.78 is 10.8. The van der Waals surface area contributed by atoms with Crippen molar-refractivity contribution in [3.63, 3.8) is 0 Å². The number of hydrogen-bond acceptors (Lipinski definition) is 3. The zero-order valence-corrected chi connectivity index (χ0v) is 11.3. The fourth-order valence-electron chi connectivity index (χ4n) is 1.85. The Labute approximate surface area is 116 Å². The van der Waals surface area contributed by atoms with Gasteiger partial charge in [0.1, 0.15) is 6.61 Å². The Morgan fingerprint density at radius 3 is 3.00 bits per heavy atom. The Hall–Kier alpha value is -0.610. The zero-order valence-electron chi connectivity index (χ0n) is 9.83. The molecular weight excluding hydrogens is 275 g/mol. The summed E-state index contributed by atoms with van der Waals surface area (Å²) in [6.45, 7) is 1.23. The van der Waals surface area contributed by atoms with Gasteiger partial charge in [-0.25, -0.2) is 0 Å². The molecule has 0 aliphatic carbocycles. The Morgan fingerprint density at radius 1 is 1.44 bits per heavy atom. The molecule has 1 fully saturated rings. The van der Waals surface area contributed by atoms with Gasteiger partial charge >= 0.3 is 0 Å². The first kappa shape index (κ1) is 13.8. The standard InChI is InChI=1S/C13H14Cl2O3/c14-9-3-4-12(15)11(6-9)13(16)8-17-7-10-2-1-5-18-10/h3-4,6,10H,1-2,5,7-8H2. The summed E-state index contributed by atoms with van der Waals surface area (Å²) >= 11 is 11.8. The summed E-state index contributed by atoms with van der Waals surface area (Å²) in [5.41, 5.74) is 0.400. The smallest absolute Gasteiger partial charge is 0.190 e. The fourth-order valence-corrected chi connectivity index (χ4v) is 2.24. The van der Waals surface area contributed by atoms with Gasteiger partial charge in [0, 0.05) is 17.2 Å². The van der Waals surface area contributed by atoms with Gasteiger partial charge in [0.05, 0.1) is 17.7 Å². The molecular formula is C13H14Cl2O3. The van der Waals surface area contributed by atoms with Crippen molar-refractivity contribution in [2.24, 2.45) is 0 Å². The minimum absolute atomic E-state index is 0.0000772. The van der Waals surface area contributed by atoms with Crippen LogP contribution in [-0.4, -0.2) is 31.7 Å². The number of halogens is 2. The third-order valence-electron chi connectivity index (χ3n) is 2.79. The predicted molar refractivity (Wildman–Crippen MR) is 70.6 cm³/mol. The van der Waals surface area contributed by atoms with E-state index in [4.69, 9.17) is 32.7 Å². The van der Waals surface area contributed by atoms with Crippen molar-refractivity contribution in [2.75, 3.05) is 19.8 Å². The lowest BCUT2D eigenvalue weighted by atomic mass is 10.1. The van der Waals surface area contributed by atoms with Gasteiger partial charge in [0.15, 0.2) is 5.78 Å². The molecule has 1 atom stereocenters. The van der Waals surface area contributed by atoms with Crippen molar-refractivity contribution < 1.29 is 14.3 Å². The van der Waals surface area contributed by atoms with Crippen molar-refractivity contribution in [3.8, 4) is 0 Å². The summed E-state index contributed by atoms with van der Waals surface area (Å²) in [5, 5.41) is 0.881. The number of rotatable bonds is 5. The predicted octanol–water partition coefficient (Wildman–Crippen LogP) is 3.37. The second-order valence-corrected chi connectivity index (χ2v) is 5.04. The minimum atomic E-state index is -0.166. The lowest BCUT2D eigenvalue weighted by Gasteiger charge is -2.10. The maximum Gasteiger partial charge on any atom is 0.190 e. The average molecular weight is 289 g/mol. The molecule has 18 heavy (non-hydrogen) atoms. The number of carbonyl (C=O) groups excluding carboxylic acids is 1. The van der Waals surface area contributed by atoms with Gasteiger partial charge in [0.2, 0.25) is 0 Å². The molecule has 5 heteroatoms. The van der Waals surface area contributed by atoms with Crippen molar-refractivity contribution in [3.05, 3.63) is 33.8 Å². The number of benzene rings is 1. The van der Waals surface area contributed by atoms with Crippen LogP contribution >= 0.6 is 23.2 Å². The first-order chi connectivity index (χ1) is 8.66. The van der Waals surface area contributed by atoms with E-state index in [9.17, 15) is 4.79 Å². The van der Waals surface area contributed by atoms with Gasteiger partial charge in [-0.15, -0.1) is 0 Å². The van der Waals surface area contributed by atoms with Crippen LogP contribution in [0.5, 0.6) is 0 Å². The third kappa shape index (κ3) is 3.69. The summed E-state index contributed by atoms with van der Waals surface area (Å²) in [6, 6.07) is 4.81. The fraction of sp³-hybridized carbons (Fsp3) is 0.462. The summed E-state index contributed by atoms with van der Waals surface area (Å²) in [7, 11) is 0.